The fourth-order valence-corrected chi connectivity index (χ4v) is 4.21. The van der Waals surface area contributed by atoms with Crippen LogP contribution in [-0.4, -0.2) is 32.2 Å². The summed E-state index contributed by atoms with van der Waals surface area (Å²) in [6, 6.07) is 10.3. The van der Waals surface area contributed by atoms with E-state index in [0.717, 1.165) is 22.3 Å². The summed E-state index contributed by atoms with van der Waals surface area (Å²) >= 11 is 0. The Balaban J connectivity index is 1.93. The van der Waals surface area contributed by atoms with Crippen molar-refractivity contribution in [2.45, 2.75) is 52.0 Å². The van der Waals surface area contributed by atoms with Crippen LogP contribution in [-0.2, 0) is 24.2 Å². The fourth-order valence-electron chi connectivity index (χ4n) is 2.99. The molecule has 1 atom stereocenters. The Kier molecular flexibility index (Phi) is 7.19. The maximum atomic E-state index is 12.4. The highest BCUT2D eigenvalue weighted by atomic mass is 32.2. The third-order valence-electron chi connectivity index (χ3n) is 4.56. The standard InChI is InChI=1S/C22H27NO5S/c1-14-6-8-19(9-7-14)29(26,27)11-10-20(24)28-18(5)22(25)23-21-16(3)12-15(2)13-17(21)4/h6-9,12-13,18H,10-11H2,1-5H3,(H,23,25)/t18-/m0/s1. The average molecular weight is 418 g/mol. The van der Waals surface area contributed by atoms with Gasteiger partial charge in [-0.2, -0.15) is 0 Å². The molecule has 2 aromatic rings. The van der Waals surface area contributed by atoms with Gasteiger partial charge in [0.2, 0.25) is 0 Å². The van der Waals surface area contributed by atoms with Crippen LogP contribution in [0.2, 0.25) is 0 Å². The molecular weight excluding hydrogens is 390 g/mol. The number of ether oxygens (including phenoxy) is 1. The Labute approximate surface area is 172 Å². The third-order valence-corrected chi connectivity index (χ3v) is 6.29. The van der Waals surface area contributed by atoms with Crippen LogP contribution < -0.4 is 5.32 Å². The molecule has 0 aliphatic heterocycles. The first-order valence-electron chi connectivity index (χ1n) is 9.37. The first-order chi connectivity index (χ1) is 13.5. The summed E-state index contributed by atoms with van der Waals surface area (Å²) in [5, 5.41) is 2.78. The second-order valence-electron chi connectivity index (χ2n) is 7.28. The Hall–Kier alpha value is -2.67. The molecule has 0 aliphatic rings. The zero-order valence-electron chi connectivity index (χ0n) is 17.4. The molecule has 1 amide bonds. The second kappa shape index (κ2) is 9.22. The van der Waals surface area contributed by atoms with Gasteiger partial charge >= 0.3 is 5.97 Å². The minimum absolute atomic E-state index is 0.159. The monoisotopic (exact) mass is 417 g/mol. The molecule has 0 unspecified atom stereocenters. The van der Waals surface area contributed by atoms with Crippen molar-refractivity contribution >= 4 is 27.4 Å². The van der Waals surface area contributed by atoms with Crippen LogP contribution in [0.15, 0.2) is 41.3 Å². The van der Waals surface area contributed by atoms with Crippen molar-refractivity contribution in [3.63, 3.8) is 0 Å². The summed E-state index contributed by atoms with van der Waals surface area (Å²) in [6.45, 7) is 9.07. The Morgan fingerprint density at radius 2 is 1.52 bits per heavy atom. The lowest BCUT2D eigenvalue weighted by atomic mass is 10.0. The van der Waals surface area contributed by atoms with Gasteiger partial charge in [0.1, 0.15) is 0 Å². The van der Waals surface area contributed by atoms with E-state index in [9.17, 15) is 18.0 Å². The molecule has 1 N–H and O–H groups in total. The minimum Gasteiger partial charge on any atom is -0.453 e. The number of hydrogen-bond acceptors (Lipinski definition) is 5. The van der Waals surface area contributed by atoms with E-state index in [1.165, 1.54) is 19.1 Å². The molecule has 6 nitrogen and oxygen atoms in total. The number of carbonyl (C=O) groups is 2. The van der Waals surface area contributed by atoms with Crippen molar-refractivity contribution in [3.8, 4) is 0 Å². The summed E-state index contributed by atoms with van der Waals surface area (Å²) in [6.07, 6.45) is -1.36. The molecule has 0 radical (unpaired) electrons. The molecule has 0 aromatic heterocycles. The quantitative estimate of drug-likeness (QED) is 0.695. The summed E-state index contributed by atoms with van der Waals surface area (Å²) in [4.78, 5) is 24.6. The van der Waals surface area contributed by atoms with E-state index in [-0.39, 0.29) is 17.1 Å². The number of hydrogen-bond donors (Lipinski definition) is 1. The first-order valence-corrected chi connectivity index (χ1v) is 11.0. The van der Waals surface area contributed by atoms with Crippen LogP contribution in [0.1, 0.15) is 35.6 Å². The van der Waals surface area contributed by atoms with Gasteiger partial charge in [-0.05, 0) is 57.9 Å². The number of anilines is 1. The second-order valence-corrected chi connectivity index (χ2v) is 9.39. The van der Waals surface area contributed by atoms with Gasteiger partial charge in [0, 0.05) is 5.69 Å². The molecule has 0 bridgehead atoms. The van der Waals surface area contributed by atoms with Gasteiger partial charge in [0.15, 0.2) is 15.9 Å². The molecule has 0 aliphatic carbocycles. The molecule has 7 heteroatoms. The molecule has 0 spiro atoms. The number of esters is 1. The predicted molar refractivity (Wildman–Crippen MR) is 113 cm³/mol. The molecule has 2 aromatic carbocycles. The molecule has 156 valence electrons. The van der Waals surface area contributed by atoms with E-state index < -0.39 is 27.8 Å². The number of aryl methyl sites for hydroxylation is 4. The minimum atomic E-state index is -3.59. The molecule has 29 heavy (non-hydrogen) atoms. The normalized spacial score (nSPS) is 12.3. The summed E-state index contributed by atoms with van der Waals surface area (Å²) in [7, 11) is -3.59. The maximum absolute atomic E-state index is 12.4. The van der Waals surface area contributed by atoms with Crippen LogP contribution >= 0.6 is 0 Å². The van der Waals surface area contributed by atoms with Crippen molar-refractivity contribution in [1.29, 1.82) is 0 Å². The Morgan fingerprint density at radius 1 is 0.966 bits per heavy atom. The third kappa shape index (κ3) is 6.15. The van der Waals surface area contributed by atoms with Gasteiger partial charge in [0.05, 0.1) is 17.1 Å². The molecule has 0 heterocycles. The zero-order chi connectivity index (χ0) is 21.8. The highest BCUT2D eigenvalue weighted by molar-refractivity contribution is 7.91. The summed E-state index contributed by atoms with van der Waals surface area (Å²) < 4.78 is 29.8. The lowest BCUT2D eigenvalue weighted by Gasteiger charge is -2.17. The molecule has 0 saturated heterocycles. The number of sulfone groups is 1. The van der Waals surface area contributed by atoms with Crippen molar-refractivity contribution < 1.29 is 22.7 Å². The highest BCUT2D eigenvalue weighted by Gasteiger charge is 2.22. The van der Waals surface area contributed by atoms with Gasteiger partial charge in [-0.1, -0.05) is 35.4 Å². The Bertz CT molecular complexity index is 987. The van der Waals surface area contributed by atoms with Crippen molar-refractivity contribution in [3.05, 3.63) is 58.7 Å². The zero-order valence-corrected chi connectivity index (χ0v) is 18.2. The molecule has 2 rings (SSSR count). The van der Waals surface area contributed by atoms with Crippen molar-refractivity contribution in [1.82, 2.24) is 0 Å². The van der Waals surface area contributed by atoms with Gasteiger partial charge in [-0.15, -0.1) is 0 Å². The van der Waals surface area contributed by atoms with Gasteiger partial charge in [0.25, 0.3) is 5.91 Å². The number of carbonyl (C=O) groups excluding carboxylic acids is 2. The first kappa shape index (κ1) is 22.6. The fraction of sp³-hybridized carbons (Fsp3) is 0.364. The largest absolute Gasteiger partial charge is 0.453 e. The van der Waals surface area contributed by atoms with E-state index in [2.05, 4.69) is 5.32 Å². The SMILES string of the molecule is Cc1ccc(S(=O)(=O)CCC(=O)O[C@@H](C)C(=O)Nc2c(C)cc(C)cc2C)cc1. The van der Waals surface area contributed by atoms with Crippen LogP contribution in [0.3, 0.4) is 0 Å². The highest BCUT2D eigenvalue weighted by Crippen LogP contribution is 2.22. The van der Waals surface area contributed by atoms with E-state index >= 15 is 0 Å². The predicted octanol–water partition coefficient (Wildman–Crippen LogP) is 3.65. The van der Waals surface area contributed by atoms with Crippen LogP contribution in [0.4, 0.5) is 5.69 Å². The molecule has 0 saturated carbocycles. The summed E-state index contributed by atoms with van der Waals surface area (Å²) in [5.41, 5.74) is 4.55. The topological polar surface area (TPSA) is 89.5 Å². The smallest absolute Gasteiger partial charge is 0.307 e. The Morgan fingerprint density at radius 3 is 2.07 bits per heavy atom. The van der Waals surface area contributed by atoms with Crippen molar-refractivity contribution in [2.24, 2.45) is 0 Å². The number of benzene rings is 2. The van der Waals surface area contributed by atoms with Gasteiger partial charge in [-0.25, -0.2) is 8.42 Å². The van der Waals surface area contributed by atoms with Gasteiger partial charge in [-0.3, -0.25) is 9.59 Å². The molecular formula is C22H27NO5S. The van der Waals surface area contributed by atoms with E-state index in [4.69, 9.17) is 4.74 Å². The maximum Gasteiger partial charge on any atom is 0.307 e. The number of nitrogens with one attached hydrogen (secondary N) is 1. The number of rotatable bonds is 7. The van der Waals surface area contributed by atoms with Crippen LogP contribution in [0, 0.1) is 27.7 Å². The van der Waals surface area contributed by atoms with Crippen LogP contribution in [0.25, 0.3) is 0 Å². The van der Waals surface area contributed by atoms with E-state index in [1.807, 2.05) is 39.8 Å². The average Bonchev–Trinajstić information content (AvgIpc) is 2.63. The van der Waals surface area contributed by atoms with Gasteiger partial charge < -0.3 is 10.1 Å². The van der Waals surface area contributed by atoms with E-state index in [0.29, 0.717) is 5.69 Å². The van der Waals surface area contributed by atoms with E-state index in [1.54, 1.807) is 12.1 Å². The number of amides is 1. The summed E-state index contributed by atoms with van der Waals surface area (Å²) in [5.74, 6) is -1.57. The lowest BCUT2D eigenvalue weighted by Crippen LogP contribution is -2.31. The van der Waals surface area contributed by atoms with Crippen molar-refractivity contribution in [2.75, 3.05) is 11.1 Å². The van der Waals surface area contributed by atoms with Crippen LogP contribution in [0.5, 0.6) is 0 Å². The molecule has 0 fully saturated rings. The lowest BCUT2D eigenvalue weighted by molar-refractivity contribution is -0.152.